The fourth-order valence-corrected chi connectivity index (χ4v) is 2.81. The van der Waals surface area contributed by atoms with Crippen LogP contribution < -0.4 is 11.3 Å². The molecule has 1 fully saturated rings. The van der Waals surface area contributed by atoms with E-state index in [4.69, 9.17) is 10.6 Å². The molecule has 0 bridgehead atoms. The third-order valence-corrected chi connectivity index (χ3v) is 3.69. The van der Waals surface area contributed by atoms with Crippen molar-refractivity contribution in [1.82, 2.24) is 10.3 Å². The highest BCUT2D eigenvalue weighted by molar-refractivity contribution is 5.27. The van der Waals surface area contributed by atoms with Crippen LogP contribution in [0.15, 0.2) is 18.2 Å². The summed E-state index contributed by atoms with van der Waals surface area (Å²) in [5.74, 6) is 5.45. The van der Waals surface area contributed by atoms with Crippen LogP contribution in [0.2, 0.25) is 0 Å². The number of nitrogens with one attached hydrogen (secondary N) is 1. The minimum atomic E-state index is -0.235. The highest BCUT2D eigenvalue weighted by atomic mass is 19.1. The maximum Gasteiger partial charge on any atom is 0.123 e. The fraction of sp³-hybridized carbons (Fsp3) is 0.600. The second-order valence-electron chi connectivity index (χ2n) is 5.42. The number of rotatable bonds is 5. The Balaban J connectivity index is 2.14. The van der Waals surface area contributed by atoms with E-state index in [9.17, 15) is 4.39 Å². The zero-order chi connectivity index (χ0) is 14.5. The molecule has 1 heterocycles. The molecule has 112 valence electrons. The summed E-state index contributed by atoms with van der Waals surface area (Å²) in [7, 11) is 0. The van der Waals surface area contributed by atoms with Gasteiger partial charge in [-0.05, 0) is 43.1 Å². The first-order chi connectivity index (χ1) is 9.63. The molecule has 5 heteroatoms. The van der Waals surface area contributed by atoms with Crippen molar-refractivity contribution in [2.75, 3.05) is 26.2 Å². The Hall–Kier alpha value is -1.01. The minimum absolute atomic E-state index is 0.0542. The van der Waals surface area contributed by atoms with Gasteiger partial charge in [0.15, 0.2) is 0 Å². The predicted molar refractivity (Wildman–Crippen MR) is 77.7 cm³/mol. The maximum absolute atomic E-state index is 13.6. The van der Waals surface area contributed by atoms with Gasteiger partial charge in [0.05, 0.1) is 18.8 Å². The number of hydrogen-bond acceptors (Lipinski definition) is 4. The van der Waals surface area contributed by atoms with Gasteiger partial charge in [-0.3, -0.25) is 16.2 Å². The van der Waals surface area contributed by atoms with Crippen molar-refractivity contribution in [2.24, 2.45) is 5.84 Å². The molecule has 2 unspecified atom stereocenters. The van der Waals surface area contributed by atoms with Crippen LogP contribution in [-0.2, 0) is 4.74 Å². The van der Waals surface area contributed by atoms with Gasteiger partial charge in [0.2, 0.25) is 0 Å². The van der Waals surface area contributed by atoms with Crippen LogP contribution in [0.4, 0.5) is 4.39 Å². The van der Waals surface area contributed by atoms with E-state index in [0.29, 0.717) is 6.61 Å². The summed E-state index contributed by atoms with van der Waals surface area (Å²) in [5, 5.41) is 0. The topological polar surface area (TPSA) is 50.5 Å². The molecule has 1 aromatic rings. The van der Waals surface area contributed by atoms with Gasteiger partial charge in [0.1, 0.15) is 5.82 Å². The Morgan fingerprint density at radius 3 is 2.95 bits per heavy atom. The summed E-state index contributed by atoms with van der Waals surface area (Å²) >= 11 is 0. The van der Waals surface area contributed by atoms with Crippen molar-refractivity contribution in [2.45, 2.75) is 32.4 Å². The summed E-state index contributed by atoms with van der Waals surface area (Å²) in [6.45, 7) is 7.56. The molecule has 0 spiro atoms. The van der Waals surface area contributed by atoms with E-state index in [0.717, 1.165) is 37.2 Å². The van der Waals surface area contributed by atoms with Crippen molar-refractivity contribution in [3.8, 4) is 0 Å². The lowest BCUT2D eigenvalue weighted by Crippen LogP contribution is -2.49. The van der Waals surface area contributed by atoms with Gasteiger partial charge in [-0.15, -0.1) is 0 Å². The van der Waals surface area contributed by atoms with Crippen LogP contribution in [0.1, 0.15) is 30.5 Å². The molecule has 0 saturated carbocycles. The molecule has 1 aliphatic heterocycles. The Morgan fingerprint density at radius 1 is 1.50 bits per heavy atom. The average Bonchev–Trinajstić information content (AvgIpc) is 2.39. The SMILES string of the molecule is CCCN1CCOC(C(NN)c2cc(C)cc(F)c2)C1. The Kier molecular flexibility index (Phi) is 5.48. The molecule has 2 atom stereocenters. The first-order valence-electron chi connectivity index (χ1n) is 7.21. The van der Waals surface area contributed by atoms with E-state index in [1.807, 2.05) is 13.0 Å². The summed E-state index contributed by atoms with van der Waals surface area (Å²) in [6, 6.07) is 4.81. The first kappa shape index (κ1) is 15.4. The molecule has 2 rings (SSSR count). The monoisotopic (exact) mass is 281 g/mol. The molecule has 1 saturated heterocycles. The van der Waals surface area contributed by atoms with Crippen LogP contribution in [-0.4, -0.2) is 37.2 Å². The molecular weight excluding hydrogens is 257 g/mol. The zero-order valence-corrected chi connectivity index (χ0v) is 12.2. The van der Waals surface area contributed by atoms with E-state index in [2.05, 4.69) is 17.2 Å². The van der Waals surface area contributed by atoms with Crippen LogP contribution in [0.25, 0.3) is 0 Å². The van der Waals surface area contributed by atoms with Gasteiger partial charge in [0, 0.05) is 13.1 Å². The van der Waals surface area contributed by atoms with Gasteiger partial charge in [-0.2, -0.15) is 0 Å². The molecule has 4 nitrogen and oxygen atoms in total. The standard InChI is InChI=1S/C15H24FN3O/c1-3-4-19-5-6-20-14(10-19)15(18-17)12-7-11(2)8-13(16)9-12/h7-9,14-15,18H,3-6,10,17H2,1-2H3. The molecule has 20 heavy (non-hydrogen) atoms. The van der Waals surface area contributed by atoms with Crippen LogP contribution in [0.3, 0.4) is 0 Å². The number of nitrogens with two attached hydrogens (primary N) is 1. The van der Waals surface area contributed by atoms with E-state index in [-0.39, 0.29) is 18.0 Å². The molecular formula is C15H24FN3O. The maximum atomic E-state index is 13.6. The lowest BCUT2D eigenvalue weighted by molar-refractivity contribution is -0.0471. The predicted octanol–water partition coefficient (Wildman–Crippen LogP) is 1.75. The summed E-state index contributed by atoms with van der Waals surface area (Å²) < 4.78 is 19.4. The van der Waals surface area contributed by atoms with Gasteiger partial charge in [-0.25, -0.2) is 4.39 Å². The number of hydrogen-bond donors (Lipinski definition) is 2. The number of nitrogens with zero attached hydrogens (tertiary/aromatic N) is 1. The number of benzene rings is 1. The van der Waals surface area contributed by atoms with E-state index >= 15 is 0 Å². The summed E-state index contributed by atoms with van der Waals surface area (Å²) in [4.78, 5) is 2.37. The molecule has 0 radical (unpaired) electrons. The second kappa shape index (κ2) is 7.13. The van der Waals surface area contributed by atoms with Gasteiger partial charge < -0.3 is 4.74 Å². The fourth-order valence-electron chi connectivity index (χ4n) is 2.81. The largest absolute Gasteiger partial charge is 0.374 e. The van der Waals surface area contributed by atoms with Crippen LogP contribution in [0.5, 0.6) is 0 Å². The smallest absolute Gasteiger partial charge is 0.123 e. The average molecular weight is 281 g/mol. The van der Waals surface area contributed by atoms with E-state index in [1.165, 1.54) is 12.1 Å². The Labute approximate surface area is 120 Å². The van der Waals surface area contributed by atoms with Crippen molar-refractivity contribution < 1.29 is 9.13 Å². The first-order valence-corrected chi connectivity index (χ1v) is 7.21. The van der Waals surface area contributed by atoms with Gasteiger partial charge >= 0.3 is 0 Å². The number of aryl methyl sites for hydroxylation is 1. The van der Waals surface area contributed by atoms with Gasteiger partial charge in [0.25, 0.3) is 0 Å². The quantitative estimate of drug-likeness (QED) is 0.638. The number of hydrazine groups is 1. The molecule has 1 aliphatic rings. The van der Waals surface area contributed by atoms with Crippen LogP contribution >= 0.6 is 0 Å². The van der Waals surface area contributed by atoms with Crippen molar-refractivity contribution in [1.29, 1.82) is 0 Å². The third-order valence-electron chi connectivity index (χ3n) is 3.69. The third kappa shape index (κ3) is 3.76. The highest BCUT2D eigenvalue weighted by Gasteiger charge is 2.28. The summed E-state index contributed by atoms with van der Waals surface area (Å²) in [6.07, 6.45) is 1.06. The van der Waals surface area contributed by atoms with E-state index < -0.39 is 0 Å². The second-order valence-corrected chi connectivity index (χ2v) is 5.42. The normalized spacial score (nSPS) is 21.9. The van der Waals surface area contributed by atoms with Gasteiger partial charge in [-0.1, -0.05) is 13.0 Å². The van der Waals surface area contributed by atoms with Crippen molar-refractivity contribution >= 4 is 0 Å². The van der Waals surface area contributed by atoms with Crippen molar-refractivity contribution in [3.63, 3.8) is 0 Å². The van der Waals surface area contributed by atoms with Crippen molar-refractivity contribution in [3.05, 3.63) is 35.1 Å². The molecule has 3 N–H and O–H groups in total. The number of ether oxygens (including phenoxy) is 1. The molecule has 0 aromatic heterocycles. The Morgan fingerprint density at radius 2 is 2.30 bits per heavy atom. The summed E-state index contributed by atoms with van der Waals surface area (Å²) in [5.41, 5.74) is 4.52. The Bertz CT molecular complexity index is 419. The minimum Gasteiger partial charge on any atom is -0.374 e. The molecule has 0 amide bonds. The molecule has 1 aromatic carbocycles. The zero-order valence-electron chi connectivity index (χ0n) is 12.2. The molecule has 0 aliphatic carbocycles. The number of halogens is 1. The number of morpholine rings is 1. The lowest BCUT2D eigenvalue weighted by Gasteiger charge is -2.36. The lowest BCUT2D eigenvalue weighted by atomic mass is 9.98. The van der Waals surface area contributed by atoms with Crippen LogP contribution in [0, 0.1) is 12.7 Å². The van der Waals surface area contributed by atoms with E-state index in [1.54, 1.807) is 0 Å². The highest BCUT2D eigenvalue weighted by Crippen LogP contribution is 2.23.